The molecule has 2 N–H and O–H groups in total. The number of para-hydroxylation sites is 1. The van der Waals surface area contributed by atoms with Crippen molar-refractivity contribution in [2.45, 2.75) is 25.9 Å². The van der Waals surface area contributed by atoms with Crippen LogP contribution in [0.5, 0.6) is 5.75 Å². The van der Waals surface area contributed by atoms with Gasteiger partial charge in [-0.2, -0.15) is 0 Å². The molecule has 0 spiro atoms. The molecule has 2 aromatic heterocycles. The zero-order valence-electron chi connectivity index (χ0n) is 21.8. The van der Waals surface area contributed by atoms with Crippen molar-refractivity contribution in [3.8, 4) is 22.8 Å². The largest absolute Gasteiger partial charge is 0.507 e. The quantitative estimate of drug-likeness (QED) is 0.161. The molecule has 40 heavy (non-hydrogen) atoms. The van der Waals surface area contributed by atoms with Gasteiger partial charge in [-0.25, -0.2) is 9.59 Å². The lowest BCUT2D eigenvalue weighted by Crippen LogP contribution is -2.17. The average Bonchev–Trinajstić information content (AvgIpc) is 3.50. The number of rotatable bonds is 10. The fourth-order valence-corrected chi connectivity index (χ4v) is 5.99. The first-order valence-corrected chi connectivity index (χ1v) is 14.7. The van der Waals surface area contributed by atoms with Crippen LogP contribution in [0.4, 0.5) is 5.00 Å². The predicted octanol–water partition coefficient (Wildman–Crippen LogP) is 5.86. The van der Waals surface area contributed by atoms with Crippen LogP contribution in [0.3, 0.4) is 0 Å². The number of hydrogen-bond acceptors (Lipinski definition) is 10. The summed E-state index contributed by atoms with van der Waals surface area (Å²) in [6, 6.07) is 14.3. The van der Waals surface area contributed by atoms with Gasteiger partial charge in [0, 0.05) is 10.2 Å². The van der Waals surface area contributed by atoms with Crippen LogP contribution in [0.15, 0.2) is 58.2 Å². The summed E-state index contributed by atoms with van der Waals surface area (Å²) in [5.41, 5.74) is 1.70. The Bertz CT molecular complexity index is 1550. The number of phenolic OH excluding ortho intramolecular Hbond substituents is 1. The van der Waals surface area contributed by atoms with E-state index < -0.39 is 17.8 Å². The molecule has 0 fully saturated rings. The fourth-order valence-electron chi connectivity index (χ4n) is 3.77. The van der Waals surface area contributed by atoms with Gasteiger partial charge >= 0.3 is 11.9 Å². The van der Waals surface area contributed by atoms with Crippen LogP contribution >= 0.6 is 39.0 Å². The number of thioether (sulfide) groups is 1. The number of thiophene rings is 1. The average molecular weight is 646 g/mol. The second kappa shape index (κ2) is 13.1. The van der Waals surface area contributed by atoms with Gasteiger partial charge in [0.2, 0.25) is 5.91 Å². The number of anilines is 1. The summed E-state index contributed by atoms with van der Waals surface area (Å²) in [6.45, 7) is 5.28. The second-order valence-electron chi connectivity index (χ2n) is 8.18. The lowest BCUT2D eigenvalue weighted by Gasteiger charge is -2.11. The van der Waals surface area contributed by atoms with Crippen molar-refractivity contribution >= 4 is 61.9 Å². The summed E-state index contributed by atoms with van der Waals surface area (Å²) in [5.74, 6) is -1.31. The van der Waals surface area contributed by atoms with E-state index >= 15 is 0 Å². The van der Waals surface area contributed by atoms with Crippen LogP contribution in [-0.4, -0.2) is 56.7 Å². The molecule has 0 aliphatic heterocycles. The highest BCUT2D eigenvalue weighted by molar-refractivity contribution is 9.10. The van der Waals surface area contributed by atoms with E-state index in [1.54, 1.807) is 43.5 Å². The second-order valence-corrected chi connectivity index (χ2v) is 11.1. The van der Waals surface area contributed by atoms with E-state index in [0.717, 1.165) is 33.3 Å². The monoisotopic (exact) mass is 644 g/mol. The third kappa shape index (κ3) is 6.37. The zero-order valence-corrected chi connectivity index (χ0v) is 25.0. The number of nitrogens with zero attached hydrogens (tertiary/aromatic N) is 3. The summed E-state index contributed by atoms with van der Waals surface area (Å²) in [5, 5.41) is 22.5. The van der Waals surface area contributed by atoms with Crippen molar-refractivity contribution in [1.82, 2.24) is 14.8 Å². The van der Waals surface area contributed by atoms with Gasteiger partial charge in [-0.05, 0) is 56.7 Å². The molecular weight excluding hydrogens is 620 g/mol. The topological polar surface area (TPSA) is 133 Å². The molecule has 0 bridgehead atoms. The number of amides is 1. The summed E-state index contributed by atoms with van der Waals surface area (Å²) >= 11 is 5.51. The molecule has 0 radical (unpaired) electrons. The molecule has 2 heterocycles. The maximum Gasteiger partial charge on any atom is 0.348 e. The lowest BCUT2D eigenvalue weighted by atomic mass is 10.1. The molecule has 0 unspecified atom stereocenters. The summed E-state index contributed by atoms with van der Waals surface area (Å²) < 4.78 is 12.8. The van der Waals surface area contributed by atoms with Gasteiger partial charge in [0.05, 0.1) is 30.1 Å². The summed E-state index contributed by atoms with van der Waals surface area (Å²) in [4.78, 5) is 38.4. The first-order valence-electron chi connectivity index (χ1n) is 12.1. The van der Waals surface area contributed by atoms with E-state index in [1.165, 1.54) is 0 Å². The maximum absolute atomic E-state index is 13.1. The fraction of sp³-hybridized carbons (Fsp3) is 0.222. The molecule has 0 saturated heterocycles. The standard InChI is InChI=1S/C27H25BrN4O6S2/c1-4-37-25(35)21-15(3)22(26(36)38-5-2)40-24(21)29-20(34)14-39-27-31-30-23(18-13-16(28)11-12-19(18)33)32(27)17-9-7-6-8-10-17/h6-13,33H,4-5,14H2,1-3H3,(H,29,34). The Hall–Kier alpha value is -3.68. The first kappa shape index (κ1) is 29.3. The minimum absolute atomic E-state index is 0.0269. The van der Waals surface area contributed by atoms with Crippen molar-refractivity contribution < 1.29 is 29.0 Å². The zero-order chi connectivity index (χ0) is 28.8. The molecule has 0 atom stereocenters. The maximum atomic E-state index is 13.1. The van der Waals surface area contributed by atoms with E-state index in [-0.39, 0.29) is 40.2 Å². The number of aromatic hydroxyl groups is 1. The van der Waals surface area contributed by atoms with Crippen molar-refractivity contribution in [1.29, 1.82) is 0 Å². The van der Waals surface area contributed by atoms with E-state index in [4.69, 9.17) is 9.47 Å². The van der Waals surface area contributed by atoms with Crippen LogP contribution in [-0.2, 0) is 14.3 Å². The Morgan fingerprint density at radius 1 is 1.05 bits per heavy atom. The van der Waals surface area contributed by atoms with Crippen molar-refractivity contribution in [2.75, 3.05) is 24.3 Å². The van der Waals surface area contributed by atoms with Gasteiger partial charge < -0.3 is 19.9 Å². The third-order valence-electron chi connectivity index (χ3n) is 5.52. The van der Waals surface area contributed by atoms with E-state index in [0.29, 0.717) is 22.1 Å². The number of aromatic nitrogens is 3. The molecule has 4 aromatic rings. The van der Waals surface area contributed by atoms with E-state index in [1.807, 2.05) is 30.3 Å². The molecule has 2 aromatic carbocycles. The highest BCUT2D eigenvalue weighted by atomic mass is 79.9. The van der Waals surface area contributed by atoms with Crippen molar-refractivity contribution in [2.24, 2.45) is 0 Å². The molecule has 13 heteroatoms. The Morgan fingerprint density at radius 3 is 2.45 bits per heavy atom. The molecule has 0 saturated carbocycles. The number of ether oxygens (including phenoxy) is 2. The number of hydrogen-bond donors (Lipinski definition) is 2. The Kier molecular flexibility index (Phi) is 9.61. The molecule has 4 rings (SSSR count). The van der Waals surface area contributed by atoms with Crippen LogP contribution in [0.1, 0.15) is 39.4 Å². The Labute approximate surface area is 246 Å². The third-order valence-corrected chi connectivity index (χ3v) is 8.13. The number of carbonyl (C=O) groups excluding carboxylic acids is 3. The highest BCUT2D eigenvalue weighted by Gasteiger charge is 2.28. The van der Waals surface area contributed by atoms with Gasteiger partial charge in [0.15, 0.2) is 11.0 Å². The number of halogens is 1. The van der Waals surface area contributed by atoms with Gasteiger partial charge in [-0.15, -0.1) is 21.5 Å². The van der Waals surface area contributed by atoms with Crippen LogP contribution in [0.2, 0.25) is 0 Å². The summed E-state index contributed by atoms with van der Waals surface area (Å²) in [7, 11) is 0. The van der Waals surface area contributed by atoms with Gasteiger partial charge in [-0.3, -0.25) is 9.36 Å². The van der Waals surface area contributed by atoms with Crippen LogP contribution in [0.25, 0.3) is 17.1 Å². The smallest absolute Gasteiger partial charge is 0.348 e. The Morgan fingerprint density at radius 2 is 1.75 bits per heavy atom. The van der Waals surface area contributed by atoms with Crippen LogP contribution in [0, 0.1) is 6.92 Å². The molecular formula is C27H25BrN4O6S2. The van der Waals surface area contributed by atoms with E-state index in [9.17, 15) is 19.5 Å². The predicted molar refractivity (Wildman–Crippen MR) is 156 cm³/mol. The number of nitrogens with one attached hydrogen (secondary N) is 1. The molecule has 0 aliphatic carbocycles. The number of esters is 2. The minimum Gasteiger partial charge on any atom is -0.507 e. The van der Waals surface area contributed by atoms with Gasteiger partial charge in [0.1, 0.15) is 15.6 Å². The Balaban J connectivity index is 1.62. The SMILES string of the molecule is CCOC(=O)c1sc(NC(=O)CSc2nnc(-c3cc(Br)ccc3O)n2-c2ccccc2)c(C(=O)OCC)c1C. The van der Waals surface area contributed by atoms with E-state index in [2.05, 4.69) is 31.4 Å². The normalized spacial score (nSPS) is 10.8. The minimum atomic E-state index is -0.642. The number of benzene rings is 2. The molecule has 208 valence electrons. The van der Waals surface area contributed by atoms with Crippen molar-refractivity contribution in [3.05, 3.63) is 69.0 Å². The summed E-state index contributed by atoms with van der Waals surface area (Å²) in [6.07, 6.45) is 0. The highest BCUT2D eigenvalue weighted by Crippen LogP contribution is 2.36. The molecule has 1 amide bonds. The van der Waals surface area contributed by atoms with Gasteiger partial charge in [0.25, 0.3) is 0 Å². The molecule has 10 nitrogen and oxygen atoms in total. The van der Waals surface area contributed by atoms with Crippen molar-refractivity contribution in [3.63, 3.8) is 0 Å². The van der Waals surface area contributed by atoms with Crippen LogP contribution < -0.4 is 5.32 Å². The number of phenols is 1. The first-order chi connectivity index (χ1) is 19.2. The number of carbonyl (C=O) groups is 3. The molecule has 0 aliphatic rings. The lowest BCUT2D eigenvalue weighted by molar-refractivity contribution is -0.113. The van der Waals surface area contributed by atoms with Gasteiger partial charge in [-0.1, -0.05) is 45.9 Å².